The highest BCUT2D eigenvalue weighted by atomic mass is 17.2. The maximum absolute atomic E-state index is 11.1. The number of carbonyl (C=O) groups is 1. The lowest BCUT2D eigenvalue weighted by molar-refractivity contribution is -0.264. The van der Waals surface area contributed by atoms with E-state index >= 15 is 0 Å². The van der Waals surface area contributed by atoms with E-state index in [9.17, 15) is 4.79 Å². The monoisotopic (exact) mass is 229 g/mol. The van der Waals surface area contributed by atoms with Crippen LogP contribution >= 0.6 is 0 Å². The molecule has 0 fully saturated rings. The van der Waals surface area contributed by atoms with E-state index in [4.69, 9.17) is 10.00 Å². The molecule has 0 amide bonds. The molecule has 0 aromatic heterocycles. The van der Waals surface area contributed by atoms with Crippen molar-refractivity contribution < 1.29 is 24.0 Å². The topological polar surface area (TPSA) is 77.8 Å². The molecule has 0 aliphatic heterocycles. The van der Waals surface area contributed by atoms with Gasteiger partial charge in [-0.15, -0.1) is 0 Å². The largest absolute Gasteiger partial charge is 0.513 e. The summed E-state index contributed by atoms with van der Waals surface area (Å²) in [5, 5.41) is 8.61. The zero-order valence-corrected chi connectivity index (χ0v) is 9.77. The van der Waals surface area contributed by atoms with Gasteiger partial charge in [-0.05, 0) is 20.8 Å². The highest BCUT2D eigenvalue weighted by molar-refractivity contribution is 5.61. The fourth-order valence-corrected chi connectivity index (χ4v) is 0.608. The molecule has 0 heterocycles. The summed E-state index contributed by atoms with van der Waals surface area (Å²) in [6, 6.07) is 1.78. The van der Waals surface area contributed by atoms with Crippen molar-refractivity contribution in [2.75, 3.05) is 13.7 Å². The van der Waals surface area contributed by atoms with Crippen molar-refractivity contribution in [1.82, 2.24) is 0 Å². The smallest absolute Gasteiger partial charge is 0.428 e. The molecule has 0 aliphatic carbocycles. The van der Waals surface area contributed by atoms with Gasteiger partial charge in [0.25, 0.3) is 0 Å². The van der Waals surface area contributed by atoms with Crippen LogP contribution < -0.4 is 0 Å². The fraction of sp³-hybridized carbons (Fsp3) is 0.600. The average Bonchev–Trinajstić information content (AvgIpc) is 2.15. The van der Waals surface area contributed by atoms with E-state index in [1.54, 1.807) is 26.8 Å². The van der Waals surface area contributed by atoms with E-state index in [0.29, 0.717) is 0 Å². The van der Waals surface area contributed by atoms with Crippen LogP contribution in [0.25, 0.3) is 0 Å². The standard InChI is InChI=1S/C10H15NO5/c1-10(2,3)16-9(12)14-6-8(5-11)7-15-13-4/h6H,7H2,1-4H3. The van der Waals surface area contributed by atoms with Gasteiger partial charge in [-0.25, -0.2) is 14.6 Å². The molecule has 0 radical (unpaired) electrons. The molecule has 16 heavy (non-hydrogen) atoms. The van der Waals surface area contributed by atoms with Crippen LogP contribution in [0.1, 0.15) is 20.8 Å². The van der Waals surface area contributed by atoms with Crippen molar-refractivity contribution in [3.63, 3.8) is 0 Å². The molecule has 0 aromatic carbocycles. The molecule has 6 heteroatoms. The van der Waals surface area contributed by atoms with Crippen molar-refractivity contribution in [2.45, 2.75) is 26.4 Å². The number of hydrogen-bond donors (Lipinski definition) is 0. The number of carbonyl (C=O) groups excluding carboxylic acids is 1. The Kier molecular flexibility index (Phi) is 6.15. The summed E-state index contributed by atoms with van der Waals surface area (Å²) in [5.74, 6) is 0. The van der Waals surface area contributed by atoms with Crippen molar-refractivity contribution >= 4 is 6.16 Å². The second-order valence-corrected chi connectivity index (χ2v) is 3.77. The Hall–Kier alpha value is -1.58. The van der Waals surface area contributed by atoms with Gasteiger partial charge in [0, 0.05) is 0 Å². The van der Waals surface area contributed by atoms with Gasteiger partial charge in [0.05, 0.1) is 12.7 Å². The Balaban J connectivity index is 4.14. The maximum atomic E-state index is 11.1. The van der Waals surface area contributed by atoms with Crippen LogP contribution in [0.3, 0.4) is 0 Å². The van der Waals surface area contributed by atoms with Gasteiger partial charge >= 0.3 is 6.16 Å². The summed E-state index contributed by atoms with van der Waals surface area (Å²) < 4.78 is 9.44. The fourth-order valence-electron chi connectivity index (χ4n) is 0.608. The third kappa shape index (κ3) is 7.79. The normalized spacial score (nSPS) is 11.8. The molecule has 0 saturated heterocycles. The first-order valence-corrected chi connectivity index (χ1v) is 4.53. The minimum absolute atomic E-state index is 0.101. The van der Waals surface area contributed by atoms with Crippen molar-refractivity contribution in [3.05, 3.63) is 11.8 Å². The lowest BCUT2D eigenvalue weighted by atomic mass is 10.2. The van der Waals surface area contributed by atoms with E-state index in [1.807, 2.05) is 0 Å². The first-order chi connectivity index (χ1) is 7.39. The molecule has 6 nitrogen and oxygen atoms in total. The lowest BCUT2D eigenvalue weighted by Gasteiger charge is -2.17. The summed E-state index contributed by atoms with van der Waals surface area (Å²) in [6.45, 7) is 5.02. The lowest BCUT2D eigenvalue weighted by Crippen LogP contribution is -2.23. The predicted octanol–water partition coefficient (Wildman–Crippen LogP) is 1.92. The van der Waals surface area contributed by atoms with E-state index in [2.05, 4.69) is 14.5 Å². The molecule has 0 aromatic rings. The Morgan fingerprint density at radius 1 is 1.44 bits per heavy atom. The van der Waals surface area contributed by atoms with Gasteiger partial charge < -0.3 is 9.47 Å². The van der Waals surface area contributed by atoms with Crippen molar-refractivity contribution in [2.24, 2.45) is 0 Å². The SMILES string of the molecule is COOCC(C#N)=COC(=O)OC(C)(C)C. The van der Waals surface area contributed by atoms with Crippen LogP contribution in [-0.2, 0) is 19.2 Å². The highest BCUT2D eigenvalue weighted by Crippen LogP contribution is 2.08. The molecule has 0 unspecified atom stereocenters. The van der Waals surface area contributed by atoms with Gasteiger partial charge in [0.1, 0.15) is 24.5 Å². The van der Waals surface area contributed by atoms with Crippen molar-refractivity contribution in [1.29, 1.82) is 5.26 Å². The van der Waals surface area contributed by atoms with E-state index in [1.165, 1.54) is 7.11 Å². The third-order valence-corrected chi connectivity index (χ3v) is 1.16. The summed E-state index contributed by atoms with van der Waals surface area (Å²) in [4.78, 5) is 19.9. The Morgan fingerprint density at radius 2 is 2.06 bits per heavy atom. The van der Waals surface area contributed by atoms with Crippen LogP contribution in [0.2, 0.25) is 0 Å². The van der Waals surface area contributed by atoms with Crippen molar-refractivity contribution in [3.8, 4) is 6.07 Å². The molecule has 0 aliphatic rings. The molecule has 0 N–H and O–H groups in total. The van der Waals surface area contributed by atoms with Crippen LogP contribution in [0, 0.1) is 11.3 Å². The summed E-state index contributed by atoms with van der Waals surface area (Å²) in [6.07, 6.45) is 0.0882. The van der Waals surface area contributed by atoms with Gasteiger partial charge in [-0.2, -0.15) is 5.26 Å². The predicted molar refractivity (Wildman–Crippen MR) is 54.0 cm³/mol. The van der Waals surface area contributed by atoms with E-state index in [0.717, 1.165) is 6.26 Å². The quantitative estimate of drug-likeness (QED) is 0.241. The highest BCUT2D eigenvalue weighted by Gasteiger charge is 2.16. The molecule has 0 atom stereocenters. The second-order valence-electron chi connectivity index (χ2n) is 3.77. The number of nitrogens with zero attached hydrogens (tertiary/aromatic N) is 1. The first-order valence-electron chi connectivity index (χ1n) is 4.53. The number of ether oxygens (including phenoxy) is 2. The Morgan fingerprint density at radius 3 is 2.50 bits per heavy atom. The number of hydrogen-bond acceptors (Lipinski definition) is 6. The Bertz CT molecular complexity index is 297. The Labute approximate surface area is 94.3 Å². The van der Waals surface area contributed by atoms with Crippen LogP contribution in [-0.4, -0.2) is 25.5 Å². The van der Waals surface area contributed by atoms with Crippen LogP contribution in [0.15, 0.2) is 11.8 Å². The third-order valence-electron chi connectivity index (χ3n) is 1.16. The first kappa shape index (κ1) is 14.4. The molecule has 0 rings (SSSR count). The maximum Gasteiger partial charge on any atom is 0.513 e. The minimum atomic E-state index is -0.877. The van der Waals surface area contributed by atoms with Crippen LogP contribution in [0.5, 0.6) is 0 Å². The molecular weight excluding hydrogens is 214 g/mol. The molecule has 0 spiro atoms. The molecular formula is C10H15NO5. The van der Waals surface area contributed by atoms with Gasteiger partial charge in [0.15, 0.2) is 0 Å². The molecule has 0 saturated carbocycles. The molecule has 0 bridgehead atoms. The second kappa shape index (κ2) is 6.82. The van der Waals surface area contributed by atoms with Gasteiger partial charge in [-0.3, -0.25) is 0 Å². The summed E-state index contributed by atoms with van der Waals surface area (Å²) in [7, 11) is 1.31. The van der Waals surface area contributed by atoms with E-state index in [-0.39, 0.29) is 12.2 Å². The summed E-state index contributed by atoms with van der Waals surface area (Å²) >= 11 is 0. The zero-order chi connectivity index (χ0) is 12.6. The number of rotatable bonds is 4. The minimum Gasteiger partial charge on any atom is -0.428 e. The number of nitriles is 1. The molecule has 90 valence electrons. The summed E-state index contributed by atoms with van der Waals surface area (Å²) in [5.41, 5.74) is -0.534. The zero-order valence-electron chi connectivity index (χ0n) is 9.77. The van der Waals surface area contributed by atoms with E-state index < -0.39 is 11.8 Å². The average molecular weight is 229 g/mol. The van der Waals surface area contributed by atoms with Gasteiger partial charge in [-0.1, -0.05) is 0 Å². The van der Waals surface area contributed by atoms with Gasteiger partial charge in [0.2, 0.25) is 0 Å². The van der Waals surface area contributed by atoms with Crippen LogP contribution in [0.4, 0.5) is 4.79 Å².